The Morgan fingerprint density at radius 1 is 1.29 bits per heavy atom. The lowest BCUT2D eigenvalue weighted by Crippen LogP contribution is -2.26. The molecule has 0 spiro atoms. The van der Waals surface area contributed by atoms with Crippen molar-refractivity contribution in [3.8, 4) is 0 Å². The molecule has 1 heterocycles. The maximum absolute atomic E-state index is 5.74. The van der Waals surface area contributed by atoms with Crippen molar-refractivity contribution in [2.45, 2.75) is 45.3 Å². The Morgan fingerprint density at radius 2 is 2.06 bits per heavy atom. The van der Waals surface area contributed by atoms with Crippen LogP contribution in [0, 0.1) is 0 Å². The van der Waals surface area contributed by atoms with Crippen LogP contribution in [0.4, 0.5) is 0 Å². The van der Waals surface area contributed by atoms with Crippen molar-refractivity contribution in [1.29, 1.82) is 0 Å². The van der Waals surface area contributed by atoms with Crippen LogP contribution < -0.4 is 5.32 Å². The summed E-state index contributed by atoms with van der Waals surface area (Å²) < 4.78 is 5.74. The Labute approximate surface area is 104 Å². The number of hydrogen-bond acceptors (Lipinski definition) is 2. The maximum Gasteiger partial charge on any atom is 0.0717 e. The van der Waals surface area contributed by atoms with E-state index < -0.39 is 0 Å². The van der Waals surface area contributed by atoms with Gasteiger partial charge in [-0.3, -0.25) is 0 Å². The van der Waals surface area contributed by atoms with Gasteiger partial charge in [-0.05, 0) is 36.4 Å². The molecule has 1 aliphatic heterocycles. The number of ether oxygens (including phenoxy) is 1. The topological polar surface area (TPSA) is 21.3 Å². The number of rotatable bonds is 5. The molecule has 0 radical (unpaired) electrons. The highest BCUT2D eigenvalue weighted by atomic mass is 16.5. The summed E-state index contributed by atoms with van der Waals surface area (Å²) in [6, 6.07) is 9.34. The van der Waals surface area contributed by atoms with Crippen molar-refractivity contribution in [3.63, 3.8) is 0 Å². The number of benzene rings is 1. The van der Waals surface area contributed by atoms with E-state index in [1.165, 1.54) is 24.0 Å². The van der Waals surface area contributed by atoms with Crippen LogP contribution in [-0.4, -0.2) is 19.2 Å². The van der Waals surface area contributed by atoms with Gasteiger partial charge in [-0.1, -0.05) is 38.1 Å². The highest BCUT2D eigenvalue weighted by Gasteiger charge is 2.13. The summed E-state index contributed by atoms with van der Waals surface area (Å²) in [6.07, 6.45) is 2.55. The van der Waals surface area contributed by atoms with Crippen LogP contribution in [0.1, 0.15) is 43.7 Å². The lowest BCUT2D eigenvalue weighted by atomic mass is 10.0. The fourth-order valence-corrected chi connectivity index (χ4v) is 2.22. The molecular weight excluding hydrogens is 210 g/mol. The number of nitrogens with one attached hydrogen (secondary N) is 1. The maximum atomic E-state index is 5.74. The van der Waals surface area contributed by atoms with Gasteiger partial charge in [0.05, 0.1) is 13.2 Å². The molecule has 0 saturated carbocycles. The van der Waals surface area contributed by atoms with E-state index in [1.807, 2.05) is 0 Å². The molecule has 0 bridgehead atoms. The minimum atomic E-state index is 0.574. The second-order valence-electron chi connectivity index (χ2n) is 5.20. The van der Waals surface area contributed by atoms with Crippen molar-refractivity contribution in [1.82, 2.24) is 5.32 Å². The lowest BCUT2D eigenvalue weighted by molar-refractivity contribution is 0.103. The van der Waals surface area contributed by atoms with Crippen LogP contribution in [0.3, 0.4) is 0 Å². The van der Waals surface area contributed by atoms with Crippen molar-refractivity contribution >= 4 is 0 Å². The molecule has 2 heteroatoms. The minimum Gasteiger partial charge on any atom is -0.375 e. The second kappa shape index (κ2) is 6.18. The molecule has 1 atom stereocenters. The van der Waals surface area contributed by atoms with E-state index in [0.717, 1.165) is 19.8 Å². The van der Waals surface area contributed by atoms with Gasteiger partial charge in [0, 0.05) is 6.04 Å². The van der Waals surface area contributed by atoms with Crippen molar-refractivity contribution in [2.24, 2.45) is 0 Å². The Bertz CT molecular complexity index is 325. The van der Waals surface area contributed by atoms with E-state index in [-0.39, 0.29) is 0 Å². The molecule has 94 valence electrons. The van der Waals surface area contributed by atoms with Gasteiger partial charge in [0.25, 0.3) is 0 Å². The fraction of sp³-hybridized carbons (Fsp3) is 0.600. The van der Waals surface area contributed by atoms with Crippen LogP contribution in [-0.2, 0) is 11.3 Å². The van der Waals surface area contributed by atoms with Gasteiger partial charge in [-0.2, -0.15) is 0 Å². The normalized spacial score (nSPS) is 20.1. The highest BCUT2D eigenvalue weighted by molar-refractivity contribution is 5.24. The van der Waals surface area contributed by atoms with Gasteiger partial charge in [-0.15, -0.1) is 0 Å². The molecule has 1 aromatic carbocycles. The van der Waals surface area contributed by atoms with Gasteiger partial charge in [0.1, 0.15) is 0 Å². The summed E-state index contributed by atoms with van der Waals surface area (Å²) in [7, 11) is 0. The van der Waals surface area contributed by atoms with Gasteiger partial charge < -0.3 is 10.1 Å². The van der Waals surface area contributed by atoms with Crippen molar-refractivity contribution in [3.05, 3.63) is 35.4 Å². The summed E-state index contributed by atoms with van der Waals surface area (Å²) in [6.45, 7) is 7.16. The molecular formula is C15H23NO. The Morgan fingerprint density at radius 3 is 2.65 bits per heavy atom. The summed E-state index contributed by atoms with van der Waals surface area (Å²) in [5.74, 6) is 0.604. The molecule has 1 fully saturated rings. The first-order chi connectivity index (χ1) is 8.25. The smallest absolute Gasteiger partial charge is 0.0717 e. The van der Waals surface area contributed by atoms with Crippen LogP contribution in [0.25, 0.3) is 0 Å². The van der Waals surface area contributed by atoms with Gasteiger partial charge in [0.2, 0.25) is 0 Å². The molecule has 1 N–H and O–H groups in total. The predicted octanol–water partition coefficient (Wildman–Crippen LogP) is 3.08. The van der Waals surface area contributed by atoms with Gasteiger partial charge >= 0.3 is 0 Å². The third-order valence-corrected chi connectivity index (χ3v) is 3.40. The molecule has 0 aromatic heterocycles. The predicted molar refractivity (Wildman–Crippen MR) is 71.2 cm³/mol. The standard InChI is InChI=1S/C15H23NO/c1-12(2)14-7-5-13(6-8-14)10-17-11-15-4-3-9-16-15/h5-8,12,15-16H,3-4,9-11H2,1-2H3. The first-order valence-corrected chi connectivity index (χ1v) is 6.65. The highest BCUT2D eigenvalue weighted by Crippen LogP contribution is 2.15. The van der Waals surface area contributed by atoms with E-state index in [0.29, 0.717) is 12.0 Å². The van der Waals surface area contributed by atoms with E-state index in [9.17, 15) is 0 Å². The average molecular weight is 233 g/mol. The van der Waals surface area contributed by atoms with Gasteiger partial charge in [-0.25, -0.2) is 0 Å². The molecule has 2 rings (SSSR count). The van der Waals surface area contributed by atoms with Crippen LogP contribution in [0.2, 0.25) is 0 Å². The summed E-state index contributed by atoms with van der Waals surface area (Å²) in [5.41, 5.74) is 2.67. The van der Waals surface area contributed by atoms with Crippen LogP contribution in [0.5, 0.6) is 0 Å². The van der Waals surface area contributed by atoms with E-state index in [2.05, 4.69) is 43.4 Å². The van der Waals surface area contributed by atoms with Crippen molar-refractivity contribution in [2.75, 3.05) is 13.2 Å². The molecule has 2 nitrogen and oxygen atoms in total. The molecule has 0 aliphatic carbocycles. The Balaban J connectivity index is 1.74. The summed E-state index contributed by atoms with van der Waals surface area (Å²) >= 11 is 0. The third kappa shape index (κ3) is 3.83. The van der Waals surface area contributed by atoms with E-state index >= 15 is 0 Å². The molecule has 17 heavy (non-hydrogen) atoms. The largest absolute Gasteiger partial charge is 0.375 e. The molecule has 1 saturated heterocycles. The summed E-state index contributed by atoms with van der Waals surface area (Å²) in [4.78, 5) is 0. The first kappa shape index (κ1) is 12.6. The SMILES string of the molecule is CC(C)c1ccc(COCC2CCCN2)cc1. The van der Waals surface area contributed by atoms with Crippen molar-refractivity contribution < 1.29 is 4.74 Å². The zero-order chi connectivity index (χ0) is 12.1. The fourth-order valence-electron chi connectivity index (χ4n) is 2.22. The third-order valence-electron chi connectivity index (χ3n) is 3.40. The first-order valence-electron chi connectivity index (χ1n) is 6.65. The molecule has 1 unspecified atom stereocenters. The zero-order valence-corrected chi connectivity index (χ0v) is 10.9. The van der Waals surface area contributed by atoms with Crippen LogP contribution >= 0.6 is 0 Å². The average Bonchev–Trinajstić information content (AvgIpc) is 2.83. The monoisotopic (exact) mass is 233 g/mol. The van der Waals surface area contributed by atoms with Gasteiger partial charge in [0.15, 0.2) is 0 Å². The quantitative estimate of drug-likeness (QED) is 0.844. The Hall–Kier alpha value is -0.860. The second-order valence-corrected chi connectivity index (χ2v) is 5.20. The van der Waals surface area contributed by atoms with Crippen LogP contribution in [0.15, 0.2) is 24.3 Å². The minimum absolute atomic E-state index is 0.574. The number of hydrogen-bond donors (Lipinski definition) is 1. The lowest BCUT2D eigenvalue weighted by Gasteiger charge is -2.11. The molecule has 0 amide bonds. The molecule has 1 aliphatic rings. The van der Waals surface area contributed by atoms with E-state index in [4.69, 9.17) is 4.74 Å². The Kier molecular flexibility index (Phi) is 4.57. The van der Waals surface area contributed by atoms with E-state index in [1.54, 1.807) is 0 Å². The summed E-state index contributed by atoms with van der Waals surface area (Å²) in [5, 5.41) is 3.44. The molecule has 1 aromatic rings. The zero-order valence-electron chi connectivity index (χ0n) is 10.9.